The van der Waals surface area contributed by atoms with E-state index in [-0.39, 0.29) is 25.1 Å². The van der Waals surface area contributed by atoms with E-state index in [0.29, 0.717) is 23.9 Å². The lowest BCUT2D eigenvalue weighted by atomic mass is 10.0. The summed E-state index contributed by atoms with van der Waals surface area (Å²) in [6.07, 6.45) is 54.4. The van der Waals surface area contributed by atoms with Crippen LogP contribution in [-0.4, -0.2) is 74.3 Å². The van der Waals surface area contributed by atoms with E-state index in [1.807, 2.05) is 33.3 Å². The minimum absolute atomic E-state index is 0.0426. The maximum atomic E-state index is 13.5. The second-order valence-electron chi connectivity index (χ2n) is 20.8. The number of quaternary nitrogens is 1. The number of unbranched alkanes of at least 4 members (excludes halogenated alkanes) is 34. The van der Waals surface area contributed by atoms with Crippen molar-refractivity contribution in [1.29, 1.82) is 0 Å². The van der Waals surface area contributed by atoms with E-state index < -0.39 is 20.0 Å². The number of carbonyl (C=O) groups is 2. The standard InChI is InChI=1S/C57H111N2O7P/c1-7-10-13-16-19-22-25-28-30-31-34-37-40-43-46-49-56(60)58-54(53-65-67(62,63)64-52-51-59(4,5)6)55(48-45-42-39-36-33-27-24-21-18-15-12-9-3)66-57(61)50-47-44-41-38-35-32-29-26-23-20-17-14-11-8-2/h22,25,45,48,54-55H,7-21,23-24,26-44,46-47,49-53H2,1-6H3,(H-,58,60,62,63)/p+1/b25-22-,48-45+. The molecule has 0 aliphatic rings. The summed E-state index contributed by atoms with van der Waals surface area (Å²) in [7, 11) is 1.50. The number of phosphoric acid groups is 1. The van der Waals surface area contributed by atoms with Crippen LogP contribution in [0.4, 0.5) is 0 Å². The van der Waals surface area contributed by atoms with Crippen molar-refractivity contribution in [2.75, 3.05) is 40.9 Å². The molecule has 0 aromatic rings. The van der Waals surface area contributed by atoms with Gasteiger partial charge in [0, 0.05) is 12.8 Å². The molecule has 396 valence electrons. The molecule has 3 atom stereocenters. The zero-order valence-electron chi connectivity index (χ0n) is 45.2. The SMILES string of the molecule is CCCCCC/C=C\CCCCCCCCCC(=O)NC(COP(=O)(O)OCC[N+](C)(C)C)C(/C=C/CCCCCCCCCCCC)OC(=O)CCCCCCCCCCCCCCCC. The number of esters is 1. The molecule has 0 bridgehead atoms. The maximum Gasteiger partial charge on any atom is 0.472 e. The van der Waals surface area contributed by atoms with E-state index in [2.05, 4.69) is 38.2 Å². The van der Waals surface area contributed by atoms with Crippen LogP contribution in [-0.2, 0) is 27.9 Å². The number of hydrogen-bond acceptors (Lipinski definition) is 6. The Bertz CT molecular complexity index is 1210. The Labute approximate surface area is 415 Å². The van der Waals surface area contributed by atoms with Gasteiger partial charge in [-0.2, -0.15) is 0 Å². The molecule has 0 rings (SSSR count). The molecule has 67 heavy (non-hydrogen) atoms. The molecule has 0 spiro atoms. The first-order chi connectivity index (χ1) is 32.4. The minimum Gasteiger partial charge on any atom is -0.456 e. The Hall–Kier alpha value is -1.51. The first kappa shape index (κ1) is 65.5. The van der Waals surface area contributed by atoms with Crippen LogP contribution in [0.1, 0.15) is 278 Å². The second kappa shape index (κ2) is 48.1. The monoisotopic (exact) mass is 968 g/mol. The minimum atomic E-state index is -4.44. The summed E-state index contributed by atoms with van der Waals surface area (Å²) < 4.78 is 30.6. The van der Waals surface area contributed by atoms with Gasteiger partial charge in [0.15, 0.2) is 0 Å². The van der Waals surface area contributed by atoms with Gasteiger partial charge in [0.25, 0.3) is 0 Å². The van der Waals surface area contributed by atoms with E-state index >= 15 is 0 Å². The normalized spacial score (nSPS) is 14.0. The molecular formula is C57H112N2O7P+. The molecule has 0 saturated heterocycles. The van der Waals surface area contributed by atoms with Gasteiger partial charge in [0.2, 0.25) is 5.91 Å². The first-order valence-electron chi connectivity index (χ1n) is 28.7. The lowest BCUT2D eigenvalue weighted by molar-refractivity contribution is -0.870. The fourth-order valence-electron chi connectivity index (χ4n) is 8.41. The van der Waals surface area contributed by atoms with Crippen LogP contribution >= 0.6 is 7.82 Å². The van der Waals surface area contributed by atoms with Crippen molar-refractivity contribution in [1.82, 2.24) is 5.32 Å². The van der Waals surface area contributed by atoms with Gasteiger partial charge in [-0.05, 0) is 57.4 Å². The van der Waals surface area contributed by atoms with Crippen molar-refractivity contribution in [3.63, 3.8) is 0 Å². The van der Waals surface area contributed by atoms with Gasteiger partial charge in [-0.3, -0.25) is 18.6 Å². The van der Waals surface area contributed by atoms with Gasteiger partial charge in [0.05, 0.1) is 33.8 Å². The van der Waals surface area contributed by atoms with E-state index in [1.54, 1.807) is 0 Å². The molecule has 2 N–H and O–H groups in total. The summed E-state index contributed by atoms with van der Waals surface area (Å²) in [4.78, 5) is 37.5. The van der Waals surface area contributed by atoms with Crippen molar-refractivity contribution >= 4 is 19.7 Å². The fraction of sp³-hybridized carbons (Fsp3) is 0.895. The van der Waals surface area contributed by atoms with Crippen molar-refractivity contribution in [3.8, 4) is 0 Å². The molecule has 0 aliphatic carbocycles. The molecule has 0 heterocycles. The molecule has 0 radical (unpaired) electrons. The van der Waals surface area contributed by atoms with Crippen LogP contribution in [0.25, 0.3) is 0 Å². The highest BCUT2D eigenvalue weighted by Gasteiger charge is 2.30. The van der Waals surface area contributed by atoms with E-state index in [9.17, 15) is 19.0 Å². The highest BCUT2D eigenvalue weighted by Crippen LogP contribution is 2.43. The molecule has 9 nitrogen and oxygen atoms in total. The number of carbonyl (C=O) groups excluding carboxylic acids is 2. The number of rotatable bonds is 52. The van der Waals surface area contributed by atoms with Crippen molar-refractivity contribution in [2.45, 2.75) is 290 Å². The summed E-state index contributed by atoms with van der Waals surface area (Å²) >= 11 is 0. The van der Waals surface area contributed by atoms with Gasteiger partial charge in [-0.1, -0.05) is 232 Å². The molecule has 0 aliphatic heterocycles. The first-order valence-corrected chi connectivity index (χ1v) is 30.2. The smallest absolute Gasteiger partial charge is 0.456 e. The quantitative estimate of drug-likeness (QED) is 0.0205. The third-order valence-electron chi connectivity index (χ3n) is 12.9. The number of amides is 1. The highest BCUT2D eigenvalue weighted by molar-refractivity contribution is 7.47. The Morgan fingerprint density at radius 3 is 1.28 bits per heavy atom. The summed E-state index contributed by atoms with van der Waals surface area (Å²) in [6, 6.07) is -0.843. The van der Waals surface area contributed by atoms with E-state index in [1.165, 1.54) is 180 Å². The molecule has 0 aromatic heterocycles. The third-order valence-corrected chi connectivity index (χ3v) is 13.9. The summed E-state index contributed by atoms with van der Waals surface area (Å²) in [6.45, 7) is 7.02. The fourth-order valence-corrected chi connectivity index (χ4v) is 9.14. The van der Waals surface area contributed by atoms with Crippen molar-refractivity contribution in [2.24, 2.45) is 0 Å². The van der Waals surface area contributed by atoms with Crippen LogP contribution in [0, 0.1) is 0 Å². The molecule has 0 aromatic carbocycles. The largest absolute Gasteiger partial charge is 0.472 e. The van der Waals surface area contributed by atoms with Gasteiger partial charge in [0.1, 0.15) is 19.3 Å². The van der Waals surface area contributed by atoms with Crippen molar-refractivity contribution in [3.05, 3.63) is 24.3 Å². The maximum absolute atomic E-state index is 13.5. The highest BCUT2D eigenvalue weighted by atomic mass is 31.2. The molecule has 0 saturated carbocycles. The Balaban J connectivity index is 5.34. The van der Waals surface area contributed by atoms with Crippen LogP contribution in [0.15, 0.2) is 24.3 Å². The molecule has 10 heteroatoms. The average molecular weight is 969 g/mol. The molecule has 1 amide bonds. The van der Waals surface area contributed by atoms with Gasteiger partial charge >= 0.3 is 13.8 Å². The zero-order valence-corrected chi connectivity index (χ0v) is 46.1. The Morgan fingerprint density at radius 2 is 0.866 bits per heavy atom. The number of likely N-dealkylation sites (N-methyl/N-ethyl adjacent to an activating group) is 1. The Morgan fingerprint density at radius 1 is 0.507 bits per heavy atom. The number of allylic oxidation sites excluding steroid dienone is 3. The number of nitrogens with one attached hydrogen (secondary N) is 1. The van der Waals surface area contributed by atoms with Gasteiger partial charge < -0.3 is 19.4 Å². The second-order valence-corrected chi connectivity index (χ2v) is 22.3. The van der Waals surface area contributed by atoms with Gasteiger partial charge in [-0.25, -0.2) is 4.57 Å². The summed E-state index contributed by atoms with van der Waals surface area (Å²) in [5.41, 5.74) is 0. The van der Waals surface area contributed by atoms with Crippen LogP contribution in [0.2, 0.25) is 0 Å². The molecular weight excluding hydrogens is 856 g/mol. The zero-order chi connectivity index (χ0) is 49.4. The molecule has 3 unspecified atom stereocenters. The topological polar surface area (TPSA) is 111 Å². The molecule has 0 fully saturated rings. The number of nitrogens with zero attached hydrogens (tertiary/aromatic N) is 1. The van der Waals surface area contributed by atoms with Crippen LogP contribution < -0.4 is 5.32 Å². The lowest BCUT2D eigenvalue weighted by Gasteiger charge is -2.27. The van der Waals surface area contributed by atoms with Crippen molar-refractivity contribution < 1.29 is 37.3 Å². The predicted molar refractivity (Wildman–Crippen MR) is 286 cm³/mol. The lowest BCUT2D eigenvalue weighted by Crippen LogP contribution is -2.47. The van der Waals surface area contributed by atoms with E-state index in [4.69, 9.17) is 13.8 Å². The van der Waals surface area contributed by atoms with Crippen LogP contribution in [0.3, 0.4) is 0 Å². The predicted octanol–water partition coefficient (Wildman–Crippen LogP) is 17.0. The third kappa shape index (κ3) is 49.3. The number of hydrogen-bond donors (Lipinski definition) is 2. The van der Waals surface area contributed by atoms with E-state index in [0.717, 1.165) is 64.2 Å². The van der Waals surface area contributed by atoms with Crippen LogP contribution in [0.5, 0.6) is 0 Å². The average Bonchev–Trinajstić information content (AvgIpc) is 3.28. The number of phosphoric ester groups is 1. The summed E-state index contributed by atoms with van der Waals surface area (Å²) in [5, 5.41) is 3.05. The summed E-state index contributed by atoms with van der Waals surface area (Å²) in [5.74, 6) is -0.499. The Kier molecular flexibility index (Phi) is 47.0. The number of ether oxygens (including phenoxy) is 1. The van der Waals surface area contributed by atoms with Gasteiger partial charge in [-0.15, -0.1) is 0 Å².